The normalized spacial score (nSPS) is 30.2. The van der Waals surface area contributed by atoms with Gasteiger partial charge in [-0.15, -0.1) is 0 Å². The van der Waals surface area contributed by atoms with Crippen molar-refractivity contribution in [2.75, 3.05) is 13.1 Å². The number of carbonyl (C=O) groups excluding carboxylic acids is 3. The van der Waals surface area contributed by atoms with Crippen molar-refractivity contribution >= 4 is 17.7 Å². The van der Waals surface area contributed by atoms with Gasteiger partial charge in [-0.3, -0.25) is 24.6 Å². The zero-order valence-corrected chi connectivity index (χ0v) is 18.5. The summed E-state index contributed by atoms with van der Waals surface area (Å²) in [4.78, 5) is 40.3. The fourth-order valence-corrected chi connectivity index (χ4v) is 5.61. The monoisotopic (exact) mass is 461 g/mol. The van der Waals surface area contributed by atoms with Crippen LogP contribution in [0.3, 0.4) is 0 Å². The van der Waals surface area contributed by atoms with Gasteiger partial charge in [-0.25, -0.2) is 8.78 Å². The maximum absolute atomic E-state index is 13.6. The number of carbonyl (C=O) groups is 3. The lowest BCUT2D eigenvalue weighted by atomic mass is 9.89. The molecule has 7 nitrogen and oxygen atoms in total. The van der Waals surface area contributed by atoms with E-state index in [0.717, 1.165) is 31.2 Å². The molecule has 1 aromatic carbocycles. The van der Waals surface area contributed by atoms with Crippen LogP contribution in [-0.4, -0.2) is 64.7 Å². The van der Waals surface area contributed by atoms with E-state index in [4.69, 9.17) is 4.74 Å². The van der Waals surface area contributed by atoms with E-state index in [2.05, 4.69) is 10.2 Å². The van der Waals surface area contributed by atoms with Crippen LogP contribution in [0.15, 0.2) is 18.2 Å². The fraction of sp³-hybridized carbons (Fsp3) is 0.625. The van der Waals surface area contributed by atoms with Gasteiger partial charge in [0.1, 0.15) is 17.9 Å². The van der Waals surface area contributed by atoms with Crippen molar-refractivity contribution < 1.29 is 27.9 Å². The van der Waals surface area contributed by atoms with Gasteiger partial charge >= 0.3 is 0 Å². The SMILES string of the molecule is O=C1CCC(N2Cc3cc(O[C@H]4CCCC[C@@H]4N4CCC(F)(F)CC4)ccc3C2=O)C(=O)N1. The predicted octanol–water partition coefficient (Wildman–Crippen LogP) is 2.87. The standard InChI is InChI=1S/C24H29F2N3O4/c25-24(26)9-11-28(12-10-24)18-3-1-2-4-20(18)33-16-5-6-17-15(13-16)14-29(23(17)32)19-7-8-21(30)27-22(19)31/h5-6,13,18-20H,1-4,7-12,14H2,(H,27,30,31)/t18-,19?,20-/m0/s1. The summed E-state index contributed by atoms with van der Waals surface area (Å²) in [6, 6.07) is 4.84. The molecule has 1 unspecified atom stereocenters. The molecule has 0 radical (unpaired) electrons. The number of rotatable bonds is 4. The molecule has 0 bridgehead atoms. The average Bonchev–Trinajstić information content (AvgIpc) is 3.10. The number of imide groups is 1. The second-order valence-electron chi connectivity index (χ2n) is 9.62. The molecule has 33 heavy (non-hydrogen) atoms. The van der Waals surface area contributed by atoms with E-state index in [0.29, 0.717) is 37.4 Å². The number of nitrogens with one attached hydrogen (secondary N) is 1. The number of halogens is 2. The van der Waals surface area contributed by atoms with Crippen LogP contribution < -0.4 is 10.1 Å². The molecule has 2 saturated heterocycles. The summed E-state index contributed by atoms with van der Waals surface area (Å²) in [6.07, 6.45) is 4.17. The highest BCUT2D eigenvalue weighted by molar-refractivity contribution is 6.05. The Balaban J connectivity index is 1.28. The Morgan fingerprint density at radius 1 is 1.03 bits per heavy atom. The molecule has 1 N–H and O–H groups in total. The smallest absolute Gasteiger partial charge is 0.255 e. The van der Waals surface area contributed by atoms with Gasteiger partial charge in [-0.05, 0) is 49.4 Å². The Hall–Kier alpha value is -2.55. The third-order valence-corrected chi connectivity index (χ3v) is 7.45. The number of benzene rings is 1. The minimum absolute atomic E-state index is 0.0770. The summed E-state index contributed by atoms with van der Waals surface area (Å²) < 4.78 is 33.6. The lowest BCUT2D eigenvalue weighted by Gasteiger charge is -2.43. The minimum atomic E-state index is -2.57. The van der Waals surface area contributed by atoms with Crippen LogP contribution in [0.25, 0.3) is 0 Å². The number of amides is 3. The predicted molar refractivity (Wildman–Crippen MR) is 115 cm³/mol. The molecule has 1 saturated carbocycles. The third-order valence-electron chi connectivity index (χ3n) is 7.45. The zero-order valence-electron chi connectivity index (χ0n) is 18.5. The Kier molecular flexibility index (Phi) is 5.84. The third kappa shape index (κ3) is 4.47. The Morgan fingerprint density at radius 2 is 1.79 bits per heavy atom. The highest BCUT2D eigenvalue weighted by atomic mass is 19.3. The first-order valence-electron chi connectivity index (χ1n) is 11.9. The van der Waals surface area contributed by atoms with E-state index in [1.165, 1.54) is 4.90 Å². The molecule has 4 aliphatic rings. The van der Waals surface area contributed by atoms with Crippen molar-refractivity contribution in [3.05, 3.63) is 29.3 Å². The van der Waals surface area contributed by atoms with Crippen LogP contribution >= 0.6 is 0 Å². The number of fused-ring (bicyclic) bond motifs is 1. The topological polar surface area (TPSA) is 79.0 Å². The molecule has 1 aliphatic carbocycles. The molecule has 0 aromatic heterocycles. The molecule has 0 spiro atoms. The molecule has 3 aliphatic heterocycles. The lowest BCUT2D eigenvalue weighted by Crippen LogP contribution is -2.52. The van der Waals surface area contributed by atoms with Gasteiger partial charge in [0.25, 0.3) is 11.8 Å². The molecule has 3 amide bonds. The van der Waals surface area contributed by atoms with Crippen LogP contribution in [0.1, 0.15) is 67.3 Å². The van der Waals surface area contributed by atoms with Crippen molar-refractivity contribution in [2.45, 2.75) is 82.0 Å². The average molecular weight is 462 g/mol. The number of likely N-dealkylation sites (tertiary alicyclic amines) is 1. The summed E-state index contributed by atoms with van der Waals surface area (Å²) in [7, 11) is 0. The van der Waals surface area contributed by atoms with Gasteiger partial charge in [-0.2, -0.15) is 0 Å². The van der Waals surface area contributed by atoms with Gasteiger partial charge < -0.3 is 9.64 Å². The van der Waals surface area contributed by atoms with Crippen LogP contribution in [0, 0.1) is 0 Å². The first kappa shape index (κ1) is 22.3. The van der Waals surface area contributed by atoms with Crippen molar-refractivity contribution in [3.63, 3.8) is 0 Å². The second kappa shape index (κ2) is 8.66. The first-order chi connectivity index (χ1) is 15.8. The van der Waals surface area contributed by atoms with E-state index < -0.39 is 17.9 Å². The number of nitrogens with zero attached hydrogens (tertiary/aromatic N) is 2. The van der Waals surface area contributed by atoms with Gasteiger partial charge in [-0.1, -0.05) is 6.42 Å². The quantitative estimate of drug-likeness (QED) is 0.698. The number of ether oxygens (including phenoxy) is 1. The van der Waals surface area contributed by atoms with Gasteiger partial charge in [0.05, 0.1) is 0 Å². The molecule has 178 valence electrons. The Bertz CT molecular complexity index is 959. The molecule has 9 heteroatoms. The van der Waals surface area contributed by atoms with Crippen LogP contribution in [0.5, 0.6) is 5.75 Å². The van der Waals surface area contributed by atoms with E-state index >= 15 is 0 Å². The molecular weight excluding hydrogens is 432 g/mol. The summed E-state index contributed by atoms with van der Waals surface area (Å²) in [5.74, 6) is -2.86. The summed E-state index contributed by atoms with van der Waals surface area (Å²) in [5, 5.41) is 2.31. The van der Waals surface area contributed by atoms with Gasteiger partial charge in [0, 0.05) is 50.5 Å². The maximum atomic E-state index is 13.6. The molecule has 3 heterocycles. The number of piperidine rings is 2. The van der Waals surface area contributed by atoms with Gasteiger partial charge in [0.2, 0.25) is 11.8 Å². The first-order valence-corrected chi connectivity index (χ1v) is 11.9. The van der Waals surface area contributed by atoms with Crippen molar-refractivity contribution in [1.82, 2.24) is 15.1 Å². The molecule has 5 rings (SSSR count). The van der Waals surface area contributed by atoms with Crippen LogP contribution in [0.2, 0.25) is 0 Å². The van der Waals surface area contributed by atoms with Gasteiger partial charge in [0.15, 0.2) is 0 Å². The van der Waals surface area contributed by atoms with Crippen LogP contribution in [-0.2, 0) is 16.1 Å². The Labute approximate surface area is 191 Å². The largest absolute Gasteiger partial charge is 0.489 e. The highest BCUT2D eigenvalue weighted by Gasteiger charge is 2.41. The van der Waals surface area contributed by atoms with E-state index in [1.807, 2.05) is 6.07 Å². The second-order valence-corrected chi connectivity index (χ2v) is 9.62. The zero-order chi connectivity index (χ0) is 23.2. The van der Waals surface area contributed by atoms with Crippen LogP contribution in [0.4, 0.5) is 8.78 Å². The molecule has 1 aromatic rings. The fourth-order valence-electron chi connectivity index (χ4n) is 5.61. The molecular formula is C24H29F2N3O4. The van der Waals surface area contributed by atoms with Crippen molar-refractivity contribution in [2.24, 2.45) is 0 Å². The van der Waals surface area contributed by atoms with Crippen molar-refractivity contribution in [3.8, 4) is 5.75 Å². The number of hydrogen-bond acceptors (Lipinski definition) is 5. The number of alkyl halides is 2. The van der Waals surface area contributed by atoms with E-state index in [-0.39, 0.29) is 43.2 Å². The Morgan fingerprint density at radius 3 is 2.55 bits per heavy atom. The maximum Gasteiger partial charge on any atom is 0.255 e. The van der Waals surface area contributed by atoms with E-state index in [1.54, 1.807) is 12.1 Å². The summed E-state index contributed by atoms with van der Waals surface area (Å²) >= 11 is 0. The number of hydrogen-bond donors (Lipinski definition) is 1. The molecule has 3 atom stereocenters. The van der Waals surface area contributed by atoms with Crippen molar-refractivity contribution in [1.29, 1.82) is 0 Å². The molecule has 3 fully saturated rings. The lowest BCUT2D eigenvalue weighted by molar-refractivity contribution is -0.136. The summed E-state index contributed by atoms with van der Waals surface area (Å²) in [5.41, 5.74) is 1.35. The minimum Gasteiger partial charge on any atom is -0.489 e. The highest BCUT2D eigenvalue weighted by Crippen LogP contribution is 2.35. The summed E-state index contributed by atoms with van der Waals surface area (Å²) in [6.45, 7) is 1.07. The van der Waals surface area contributed by atoms with E-state index in [9.17, 15) is 23.2 Å².